The summed E-state index contributed by atoms with van der Waals surface area (Å²) in [5.74, 6) is -0.615. The largest absolute Gasteiger partial charge is 0.465 e. The van der Waals surface area contributed by atoms with E-state index in [4.69, 9.17) is 0 Å². The molecule has 3 rings (SSSR count). The highest BCUT2D eigenvalue weighted by molar-refractivity contribution is 7.93. The van der Waals surface area contributed by atoms with Crippen molar-refractivity contribution in [2.24, 2.45) is 0 Å². The van der Waals surface area contributed by atoms with Gasteiger partial charge in [0, 0.05) is 23.2 Å². The van der Waals surface area contributed by atoms with Crippen LogP contribution in [0.15, 0.2) is 65.8 Å². The summed E-state index contributed by atoms with van der Waals surface area (Å²) in [4.78, 5) is 15.9. The van der Waals surface area contributed by atoms with E-state index in [-0.39, 0.29) is 16.1 Å². The highest BCUT2D eigenvalue weighted by atomic mass is 32.2. The molecule has 0 atom stereocenters. The van der Waals surface area contributed by atoms with Gasteiger partial charge in [-0.3, -0.25) is 9.71 Å². The van der Waals surface area contributed by atoms with Crippen LogP contribution in [0.2, 0.25) is 0 Å². The second-order valence-electron chi connectivity index (χ2n) is 5.00. The Morgan fingerprint density at radius 2 is 1.88 bits per heavy atom. The van der Waals surface area contributed by atoms with Crippen molar-refractivity contribution in [1.29, 1.82) is 0 Å². The minimum Gasteiger partial charge on any atom is -0.465 e. The van der Waals surface area contributed by atoms with Crippen molar-refractivity contribution in [3.63, 3.8) is 0 Å². The molecule has 7 heteroatoms. The number of aromatic nitrogens is 1. The van der Waals surface area contributed by atoms with Crippen molar-refractivity contribution in [1.82, 2.24) is 4.98 Å². The fraction of sp³-hybridized carbons (Fsp3) is 0.0588. The first-order valence-corrected chi connectivity index (χ1v) is 8.54. The Bertz CT molecular complexity index is 1010. The Kier molecular flexibility index (Phi) is 4.18. The molecule has 0 unspecified atom stereocenters. The van der Waals surface area contributed by atoms with Crippen LogP contribution >= 0.6 is 0 Å². The molecule has 0 amide bonds. The quantitative estimate of drug-likeness (QED) is 0.737. The number of carbonyl (C=O) groups excluding carboxylic acids is 1. The Morgan fingerprint density at radius 1 is 1.08 bits per heavy atom. The van der Waals surface area contributed by atoms with E-state index < -0.39 is 16.0 Å². The number of para-hydroxylation sites is 1. The van der Waals surface area contributed by atoms with E-state index in [1.807, 2.05) is 0 Å². The number of hydrogen-bond acceptors (Lipinski definition) is 5. The number of hydrogen-bond donors (Lipinski definition) is 1. The third-order valence-corrected chi connectivity index (χ3v) is 4.93. The Balaban J connectivity index is 2.08. The van der Waals surface area contributed by atoms with Crippen LogP contribution in [0, 0.1) is 0 Å². The molecule has 0 radical (unpaired) electrons. The number of anilines is 1. The van der Waals surface area contributed by atoms with Crippen LogP contribution in [0.4, 0.5) is 5.69 Å². The fourth-order valence-electron chi connectivity index (χ4n) is 2.39. The summed E-state index contributed by atoms with van der Waals surface area (Å²) in [6.45, 7) is 0. The predicted octanol–water partition coefficient (Wildman–Crippen LogP) is 2.82. The number of ether oxygens (including phenoxy) is 1. The van der Waals surface area contributed by atoms with E-state index in [9.17, 15) is 13.2 Å². The van der Waals surface area contributed by atoms with Crippen LogP contribution in [0.25, 0.3) is 10.8 Å². The summed E-state index contributed by atoms with van der Waals surface area (Å²) in [6.07, 6.45) is 3.13. The van der Waals surface area contributed by atoms with Gasteiger partial charge in [-0.05, 0) is 24.3 Å². The first kappa shape index (κ1) is 15.9. The van der Waals surface area contributed by atoms with Gasteiger partial charge in [-0.1, -0.05) is 24.3 Å². The van der Waals surface area contributed by atoms with Gasteiger partial charge in [-0.25, -0.2) is 13.2 Å². The minimum absolute atomic E-state index is 0.113. The molecule has 0 fully saturated rings. The maximum Gasteiger partial charge on any atom is 0.339 e. The second kappa shape index (κ2) is 6.29. The maximum absolute atomic E-state index is 12.8. The van der Waals surface area contributed by atoms with E-state index in [0.717, 1.165) is 0 Å². The standard InChI is InChI=1S/C17H14N2O4S/c1-23-17(20)14-6-2-3-7-15(14)19-24(21,22)16-8-4-5-12-11-18-10-9-13(12)16/h2-11,19H,1H3. The summed E-state index contributed by atoms with van der Waals surface area (Å²) in [6, 6.07) is 12.8. The summed E-state index contributed by atoms with van der Waals surface area (Å²) >= 11 is 0. The molecule has 1 N–H and O–H groups in total. The molecule has 1 heterocycles. The van der Waals surface area contributed by atoms with Crippen LogP contribution in [-0.2, 0) is 14.8 Å². The van der Waals surface area contributed by atoms with Gasteiger partial charge < -0.3 is 4.74 Å². The lowest BCUT2D eigenvalue weighted by atomic mass is 10.2. The zero-order valence-corrected chi connectivity index (χ0v) is 13.6. The van der Waals surface area contributed by atoms with Gasteiger partial charge in [0.25, 0.3) is 10.0 Å². The van der Waals surface area contributed by atoms with Gasteiger partial charge in [-0.15, -0.1) is 0 Å². The number of nitrogens with one attached hydrogen (secondary N) is 1. The number of benzene rings is 2. The van der Waals surface area contributed by atoms with Crippen molar-refractivity contribution in [2.45, 2.75) is 4.90 Å². The van der Waals surface area contributed by atoms with Crippen LogP contribution < -0.4 is 4.72 Å². The van der Waals surface area contributed by atoms with E-state index in [2.05, 4.69) is 14.4 Å². The molecule has 122 valence electrons. The molecule has 6 nitrogen and oxygen atoms in total. The number of esters is 1. The molecule has 0 spiro atoms. The molecule has 0 bridgehead atoms. The van der Waals surface area contributed by atoms with Crippen LogP contribution in [-0.4, -0.2) is 26.5 Å². The van der Waals surface area contributed by atoms with Gasteiger partial charge in [-0.2, -0.15) is 0 Å². The maximum atomic E-state index is 12.8. The number of sulfonamides is 1. The fourth-order valence-corrected chi connectivity index (χ4v) is 3.70. The lowest BCUT2D eigenvalue weighted by Gasteiger charge is -2.12. The Labute approximate surface area is 139 Å². The van der Waals surface area contributed by atoms with Crippen molar-refractivity contribution in [3.8, 4) is 0 Å². The van der Waals surface area contributed by atoms with E-state index in [0.29, 0.717) is 10.8 Å². The van der Waals surface area contributed by atoms with Gasteiger partial charge in [0.15, 0.2) is 0 Å². The van der Waals surface area contributed by atoms with Gasteiger partial charge >= 0.3 is 5.97 Å². The molecule has 0 saturated carbocycles. The third kappa shape index (κ3) is 2.93. The molecule has 0 aliphatic heterocycles. The minimum atomic E-state index is -3.89. The van der Waals surface area contributed by atoms with E-state index in [1.54, 1.807) is 36.5 Å². The third-order valence-electron chi connectivity index (χ3n) is 3.51. The molecule has 2 aromatic carbocycles. The van der Waals surface area contributed by atoms with Gasteiger partial charge in [0.05, 0.1) is 23.3 Å². The Hall–Kier alpha value is -2.93. The van der Waals surface area contributed by atoms with Crippen molar-refractivity contribution >= 4 is 32.5 Å². The average Bonchev–Trinajstić information content (AvgIpc) is 2.60. The molecule has 0 aliphatic rings. The predicted molar refractivity (Wildman–Crippen MR) is 90.3 cm³/mol. The normalized spacial score (nSPS) is 11.2. The molecular formula is C17H14N2O4S. The number of methoxy groups -OCH3 is 1. The van der Waals surface area contributed by atoms with Crippen molar-refractivity contribution < 1.29 is 17.9 Å². The highest BCUT2D eigenvalue weighted by Crippen LogP contribution is 2.26. The lowest BCUT2D eigenvalue weighted by molar-refractivity contribution is 0.0602. The summed E-state index contributed by atoms with van der Waals surface area (Å²) in [5, 5.41) is 1.26. The van der Waals surface area contributed by atoms with Crippen LogP contribution in [0.3, 0.4) is 0 Å². The monoisotopic (exact) mass is 342 g/mol. The lowest BCUT2D eigenvalue weighted by Crippen LogP contribution is -2.16. The number of rotatable bonds is 4. The topological polar surface area (TPSA) is 85.4 Å². The van der Waals surface area contributed by atoms with Crippen molar-refractivity contribution in [2.75, 3.05) is 11.8 Å². The van der Waals surface area contributed by atoms with Gasteiger partial charge in [0.2, 0.25) is 0 Å². The highest BCUT2D eigenvalue weighted by Gasteiger charge is 2.20. The number of pyridine rings is 1. The summed E-state index contributed by atoms with van der Waals surface area (Å²) < 4.78 is 32.7. The zero-order valence-electron chi connectivity index (χ0n) is 12.8. The molecule has 1 aromatic heterocycles. The molecule has 24 heavy (non-hydrogen) atoms. The van der Waals surface area contributed by atoms with Crippen molar-refractivity contribution in [3.05, 3.63) is 66.5 Å². The Morgan fingerprint density at radius 3 is 2.67 bits per heavy atom. The summed E-state index contributed by atoms with van der Waals surface area (Å²) in [7, 11) is -2.65. The number of nitrogens with zero attached hydrogens (tertiary/aromatic N) is 1. The van der Waals surface area contributed by atoms with Crippen LogP contribution in [0.1, 0.15) is 10.4 Å². The SMILES string of the molecule is COC(=O)c1ccccc1NS(=O)(=O)c1cccc2cnccc12. The zero-order chi connectivity index (χ0) is 17.2. The molecule has 0 aliphatic carbocycles. The van der Waals surface area contributed by atoms with Crippen LogP contribution in [0.5, 0.6) is 0 Å². The van der Waals surface area contributed by atoms with Gasteiger partial charge in [0.1, 0.15) is 0 Å². The molecule has 3 aromatic rings. The van der Waals surface area contributed by atoms with E-state index in [1.165, 1.54) is 31.5 Å². The molecule has 0 saturated heterocycles. The molecular weight excluding hydrogens is 328 g/mol. The first-order chi connectivity index (χ1) is 11.5. The second-order valence-corrected chi connectivity index (χ2v) is 6.65. The number of carbonyl (C=O) groups is 1. The average molecular weight is 342 g/mol. The first-order valence-electron chi connectivity index (χ1n) is 7.06. The number of fused-ring (bicyclic) bond motifs is 1. The smallest absolute Gasteiger partial charge is 0.339 e. The summed E-state index contributed by atoms with van der Waals surface area (Å²) in [5.41, 5.74) is 0.306. The van der Waals surface area contributed by atoms with E-state index >= 15 is 0 Å².